The first-order chi connectivity index (χ1) is 18.1. The average molecular weight is 513 g/mol. The van der Waals surface area contributed by atoms with E-state index >= 15 is 0 Å². The summed E-state index contributed by atoms with van der Waals surface area (Å²) in [5.74, 6) is -0.464. The van der Waals surface area contributed by atoms with Crippen molar-refractivity contribution in [2.75, 3.05) is 13.7 Å². The van der Waals surface area contributed by atoms with Crippen molar-refractivity contribution in [2.45, 2.75) is 32.1 Å². The second kappa shape index (κ2) is 10.7. The van der Waals surface area contributed by atoms with E-state index in [2.05, 4.69) is 26.8 Å². The van der Waals surface area contributed by atoms with Crippen LogP contribution < -0.4 is 19.9 Å². The van der Waals surface area contributed by atoms with E-state index in [4.69, 9.17) is 24.7 Å². The Kier molecular flexibility index (Phi) is 7.40. The van der Waals surface area contributed by atoms with E-state index < -0.39 is 17.9 Å². The lowest BCUT2D eigenvalue weighted by molar-refractivity contribution is -0.136. The summed E-state index contributed by atoms with van der Waals surface area (Å²) < 4.78 is 21.5. The van der Waals surface area contributed by atoms with Gasteiger partial charge in [-0.05, 0) is 46.9 Å². The number of allylic oxidation sites excluding steroid dienone is 1. The molecule has 0 saturated heterocycles. The predicted molar refractivity (Wildman–Crippen MR) is 140 cm³/mol. The Morgan fingerprint density at radius 3 is 2.26 bits per heavy atom. The summed E-state index contributed by atoms with van der Waals surface area (Å²) in [6, 6.07) is 21.3. The number of carbonyl (C=O) groups excluding carboxylic acids is 2. The van der Waals surface area contributed by atoms with Gasteiger partial charge in [-0.2, -0.15) is 5.26 Å². The van der Waals surface area contributed by atoms with Crippen LogP contribution in [0.1, 0.15) is 53.7 Å². The fourth-order valence-corrected chi connectivity index (χ4v) is 4.13. The van der Waals surface area contributed by atoms with E-state index in [0.29, 0.717) is 22.6 Å². The van der Waals surface area contributed by atoms with Gasteiger partial charge >= 0.3 is 11.9 Å². The van der Waals surface area contributed by atoms with Gasteiger partial charge in [0.25, 0.3) is 0 Å². The highest BCUT2D eigenvalue weighted by Crippen LogP contribution is 2.43. The van der Waals surface area contributed by atoms with Gasteiger partial charge in [-0.1, -0.05) is 51.1 Å². The molecule has 0 spiro atoms. The molecule has 1 heterocycles. The van der Waals surface area contributed by atoms with Crippen LogP contribution in [-0.4, -0.2) is 25.7 Å². The lowest BCUT2D eigenvalue weighted by Crippen LogP contribution is -2.22. The summed E-state index contributed by atoms with van der Waals surface area (Å²) in [5.41, 5.74) is 9.26. The molecule has 0 fully saturated rings. The van der Waals surface area contributed by atoms with Gasteiger partial charge in [0, 0.05) is 11.6 Å². The molecule has 0 amide bonds. The van der Waals surface area contributed by atoms with E-state index in [-0.39, 0.29) is 29.2 Å². The second-order valence-electron chi connectivity index (χ2n) is 9.78. The van der Waals surface area contributed by atoms with Gasteiger partial charge in [0.2, 0.25) is 5.88 Å². The minimum absolute atomic E-state index is 0.0179. The maximum atomic E-state index is 12.4. The van der Waals surface area contributed by atoms with Gasteiger partial charge in [0.05, 0.1) is 18.6 Å². The number of nitrogens with zero attached hydrogens (tertiary/aromatic N) is 1. The van der Waals surface area contributed by atoms with E-state index in [0.717, 1.165) is 11.1 Å². The number of nitrogens with two attached hydrogens (primary N) is 1. The number of esters is 2. The Hall–Kier alpha value is -4.77. The maximum absolute atomic E-state index is 12.4. The van der Waals surface area contributed by atoms with Crippen molar-refractivity contribution in [3.05, 3.63) is 100 Å². The normalized spacial score (nSPS) is 14.6. The molecule has 1 aliphatic rings. The van der Waals surface area contributed by atoms with Gasteiger partial charge in [-0.25, -0.2) is 9.59 Å². The van der Waals surface area contributed by atoms with Crippen LogP contribution in [0, 0.1) is 11.3 Å². The zero-order valence-corrected chi connectivity index (χ0v) is 21.6. The van der Waals surface area contributed by atoms with Crippen molar-refractivity contribution >= 4 is 11.9 Å². The number of benzene rings is 3. The fraction of sp³-hybridized carbons (Fsp3) is 0.233. The van der Waals surface area contributed by atoms with Gasteiger partial charge in [-0.15, -0.1) is 0 Å². The highest BCUT2D eigenvalue weighted by Gasteiger charge is 2.31. The number of hydrogen-bond acceptors (Lipinski definition) is 8. The zero-order chi connectivity index (χ0) is 27.4. The Morgan fingerprint density at radius 2 is 1.66 bits per heavy atom. The van der Waals surface area contributed by atoms with E-state index in [1.807, 2.05) is 24.3 Å². The number of methoxy groups -OCH3 is 1. The van der Waals surface area contributed by atoms with Crippen molar-refractivity contribution in [2.24, 2.45) is 5.73 Å². The molecule has 38 heavy (non-hydrogen) atoms. The lowest BCUT2D eigenvalue weighted by atomic mass is 9.83. The van der Waals surface area contributed by atoms with Crippen LogP contribution in [0.4, 0.5) is 0 Å². The number of rotatable bonds is 6. The van der Waals surface area contributed by atoms with Crippen LogP contribution in [-0.2, 0) is 14.9 Å². The molecule has 3 aromatic carbocycles. The van der Waals surface area contributed by atoms with Gasteiger partial charge in [0.15, 0.2) is 6.61 Å². The number of hydrogen-bond donors (Lipinski definition) is 1. The molecule has 2 N–H and O–H groups in total. The molecule has 1 atom stereocenters. The zero-order valence-electron chi connectivity index (χ0n) is 21.6. The highest BCUT2D eigenvalue weighted by atomic mass is 16.6. The Labute approximate surface area is 221 Å². The van der Waals surface area contributed by atoms with Crippen molar-refractivity contribution in [3.63, 3.8) is 0 Å². The molecule has 4 rings (SSSR count). The molecule has 194 valence electrons. The third-order valence-corrected chi connectivity index (χ3v) is 6.16. The van der Waals surface area contributed by atoms with Crippen LogP contribution >= 0.6 is 0 Å². The number of carbonyl (C=O) groups is 2. The topological polar surface area (TPSA) is 121 Å². The molecule has 1 unspecified atom stereocenters. The molecule has 8 heteroatoms. The largest absolute Gasteiger partial charge is 0.482 e. The molecule has 1 aliphatic heterocycles. The van der Waals surface area contributed by atoms with Crippen molar-refractivity contribution in [1.82, 2.24) is 0 Å². The summed E-state index contributed by atoms with van der Waals surface area (Å²) in [4.78, 5) is 24.2. The van der Waals surface area contributed by atoms with Gasteiger partial charge in [0.1, 0.15) is 28.9 Å². The summed E-state index contributed by atoms with van der Waals surface area (Å²) >= 11 is 0. The van der Waals surface area contributed by atoms with Crippen LogP contribution in [0.3, 0.4) is 0 Å². The lowest BCUT2D eigenvalue weighted by Gasteiger charge is -2.26. The van der Waals surface area contributed by atoms with Crippen molar-refractivity contribution in [1.29, 1.82) is 5.26 Å². The van der Waals surface area contributed by atoms with Crippen molar-refractivity contribution < 1.29 is 28.5 Å². The first-order valence-electron chi connectivity index (χ1n) is 11.9. The minimum atomic E-state index is -0.586. The quantitative estimate of drug-likeness (QED) is 0.363. The SMILES string of the molecule is COC(=O)c1ccc(C2C(C#N)=C(N)Oc3cc(OC(=O)COc4ccc(C(C)(C)C)cc4)ccc32)cc1. The molecule has 8 nitrogen and oxygen atoms in total. The van der Waals surface area contributed by atoms with Crippen LogP contribution in [0.5, 0.6) is 17.2 Å². The summed E-state index contributed by atoms with van der Waals surface area (Å²) in [7, 11) is 1.31. The molecular weight excluding hydrogens is 484 g/mol. The summed E-state index contributed by atoms with van der Waals surface area (Å²) in [6.45, 7) is 6.09. The molecule has 0 saturated carbocycles. The highest BCUT2D eigenvalue weighted by molar-refractivity contribution is 5.89. The third-order valence-electron chi connectivity index (χ3n) is 6.16. The molecule has 0 radical (unpaired) electrons. The Bertz CT molecular complexity index is 1430. The van der Waals surface area contributed by atoms with E-state index in [9.17, 15) is 14.9 Å². The van der Waals surface area contributed by atoms with Crippen LogP contribution in [0.15, 0.2) is 78.2 Å². The third kappa shape index (κ3) is 5.62. The first kappa shape index (κ1) is 26.3. The van der Waals surface area contributed by atoms with Crippen molar-refractivity contribution in [3.8, 4) is 23.3 Å². The van der Waals surface area contributed by atoms with Crippen LogP contribution in [0.25, 0.3) is 0 Å². The second-order valence-corrected chi connectivity index (χ2v) is 9.78. The standard InChI is InChI=1S/C30H28N2O6/c1-30(2,3)20-9-11-21(12-10-20)36-17-26(33)37-22-13-14-23-25(15-22)38-28(32)24(16-31)27(23)18-5-7-19(8-6-18)29(34)35-4/h5-15,27H,17,32H2,1-4H3. The van der Waals surface area contributed by atoms with E-state index in [1.54, 1.807) is 42.5 Å². The first-order valence-corrected chi connectivity index (χ1v) is 11.9. The summed E-state index contributed by atoms with van der Waals surface area (Å²) in [6.07, 6.45) is 0. The predicted octanol–water partition coefficient (Wildman–Crippen LogP) is 4.97. The fourth-order valence-electron chi connectivity index (χ4n) is 4.13. The average Bonchev–Trinajstić information content (AvgIpc) is 2.90. The van der Waals surface area contributed by atoms with Gasteiger partial charge < -0.3 is 24.7 Å². The monoisotopic (exact) mass is 512 g/mol. The summed E-state index contributed by atoms with van der Waals surface area (Å²) in [5, 5.41) is 9.76. The smallest absolute Gasteiger partial charge is 0.349 e. The molecule has 0 aliphatic carbocycles. The minimum Gasteiger partial charge on any atom is -0.482 e. The van der Waals surface area contributed by atoms with Crippen LogP contribution in [0.2, 0.25) is 0 Å². The molecular formula is C30H28N2O6. The molecule has 0 aromatic heterocycles. The van der Waals surface area contributed by atoms with E-state index in [1.165, 1.54) is 7.11 Å². The van der Waals surface area contributed by atoms with Gasteiger partial charge in [-0.3, -0.25) is 0 Å². The maximum Gasteiger partial charge on any atom is 0.349 e. The molecule has 0 bridgehead atoms. The number of ether oxygens (including phenoxy) is 4. The number of nitriles is 1. The number of fused-ring (bicyclic) bond motifs is 1. The Morgan fingerprint density at radius 1 is 1.00 bits per heavy atom. The molecule has 3 aromatic rings. The Balaban J connectivity index is 1.49.